The number of hydrogen-bond acceptors (Lipinski definition) is 7. The van der Waals surface area contributed by atoms with Crippen molar-refractivity contribution in [3.8, 4) is 0 Å². The second kappa shape index (κ2) is 8.11. The number of pyridine rings is 1. The molecular formula is C20H19ClN6O3. The van der Waals surface area contributed by atoms with Gasteiger partial charge in [-0.25, -0.2) is 9.97 Å². The fraction of sp³-hybridized carbons (Fsp3) is 0.250. The number of carbonyl (C=O) groups excluding carboxylic acids is 1. The predicted molar refractivity (Wildman–Crippen MR) is 113 cm³/mol. The van der Waals surface area contributed by atoms with E-state index in [-0.39, 0.29) is 22.9 Å². The van der Waals surface area contributed by atoms with Crippen molar-refractivity contribution in [1.82, 2.24) is 14.5 Å². The van der Waals surface area contributed by atoms with E-state index in [2.05, 4.69) is 14.9 Å². The average molecular weight is 427 g/mol. The second-order valence-electron chi connectivity index (χ2n) is 6.93. The first-order chi connectivity index (χ1) is 14.5. The minimum atomic E-state index is -0.452. The number of hydrogen-bond donors (Lipinski definition) is 0. The SMILES string of the molecule is Cn1ccnc1C(=O)c1ccc(N2CCN(c3ncccc3Cl)CC2)c([N+](=O)[O-])c1. The molecule has 0 N–H and O–H groups in total. The number of nitro groups is 1. The van der Waals surface area contributed by atoms with Gasteiger partial charge in [0, 0.05) is 63.4 Å². The van der Waals surface area contributed by atoms with Gasteiger partial charge in [0.2, 0.25) is 5.78 Å². The van der Waals surface area contributed by atoms with E-state index in [4.69, 9.17) is 11.6 Å². The molecule has 30 heavy (non-hydrogen) atoms. The van der Waals surface area contributed by atoms with Gasteiger partial charge in [0.15, 0.2) is 5.82 Å². The smallest absolute Gasteiger partial charge is 0.293 e. The van der Waals surface area contributed by atoms with E-state index in [0.717, 1.165) is 0 Å². The maximum Gasteiger partial charge on any atom is 0.293 e. The molecule has 0 amide bonds. The zero-order valence-electron chi connectivity index (χ0n) is 16.2. The van der Waals surface area contributed by atoms with Crippen LogP contribution in [-0.4, -0.2) is 51.4 Å². The summed E-state index contributed by atoms with van der Waals surface area (Å²) < 4.78 is 1.59. The van der Waals surface area contributed by atoms with Crippen LogP contribution in [0, 0.1) is 10.1 Å². The summed E-state index contributed by atoms with van der Waals surface area (Å²) in [6, 6.07) is 8.14. The zero-order chi connectivity index (χ0) is 21.3. The Bertz CT molecular complexity index is 1110. The molecule has 3 heterocycles. The minimum Gasteiger partial charge on any atom is -0.362 e. The number of aryl methyl sites for hydroxylation is 1. The second-order valence-corrected chi connectivity index (χ2v) is 7.34. The van der Waals surface area contributed by atoms with Crippen molar-refractivity contribution in [2.45, 2.75) is 0 Å². The molecule has 0 saturated carbocycles. The van der Waals surface area contributed by atoms with Crippen molar-refractivity contribution >= 4 is 34.6 Å². The number of nitro benzene ring substituents is 1. The highest BCUT2D eigenvalue weighted by Crippen LogP contribution is 2.32. The molecule has 2 aromatic heterocycles. The Hall–Kier alpha value is -3.46. The van der Waals surface area contributed by atoms with Crippen LogP contribution in [0.4, 0.5) is 17.2 Å². The lowest BCUT2D eigenvalue weighted by molar-refractivity contribution is -0.384. The van der Waals surface area contributed by atoms with Crippen LogP contribution in [0.3, 0.4) is 0 Å². The van der Waals surface area contributed by atoms with Crippen LogP contribution in [0.5, 0.6) is 0 Å². The number of benzene rings is 1. The highest BCUT2D eigenvalue weighted by Gasteiger charge is 2.27. The molecule has 1 aliphatic heterocycles. The molecule has 0 radical (unpaired) electrons. The molecule has 0 spiro atoms. The average Bonchev–Trinajstić information content (AvgIpc) is 3.19. The number of ketones is 1. The van der Waals surface area contributed by atoms with E-state index in [9.17, 15) is 14.9 Å². The molecule has 1 aromatic carbocycles. The summed E-state index contributed by atoms with van der Waals surface area (Å²) >= 11 is 6.23. The molecule has 0 unspecified atom stereocenters. The van der Waals surface area contributed by atoms with E-state index in [1.807, 2.05) is 4.90 Å². The number of rotatable bonds is 5. The quantitative estimate of drug-likeness (QED) is 0.351. The van der Waals surface area contributed by atoms with E-state index >= 15 is 0 Å². The summed E-state index contributed by atoms with van der Waals surface area (Å²) in [4.78, 5) is 36.3. The fourth-order valence-corrected chi connectivity index (χ4v) is 3.80. The normalized spacial score (nSPS) is 14.1. The lowest BCUT2D eigenvalue weighted by Crippen LogP contribution is -2.47. The Morgan fingerprint density at radius 3 is 2.47 bits per heavy atom. The molecule has 1 fully saturated rings. The number of piperazine rings is 1. The predicted octanol–water partition coefficient (Wildman–Crippen LogP) is 2.93. The number of carbonyl (C=O) groups is 1. The van der Waals surface area contributed by atoms with Crippen molar-refractivity contribution in [2.75, 3.05) is 36.0 Å². The molecule has 4 rings (SSSR count). The van der Waals surface area contributed by atoms with E-state index in [0.29, 0.717) is 42.7 Å². The summed E-state index contributed by atoms with van der Waals surface area (Å²) in [5.74, 6) is 0.592. The Morgan fingerprint density at radius 2 is 1.83 bits per heavy atom. The van der Waals surface area contributed by atoms with Gasteiger partial charge in [-0.15, -0.1) is 0 Å². The molecular weight excluding hydrogens is 408 g/mol. The zero-order valence-corrected chi connectivity index (χ0v) is 17.0. The van der Waals surface area contributed by atoms with Crippen LogP contribution in [0.1, 0.15) is 16.2 Å². The lowest BCUT2D eigenvalue weighted by Gasteiger charge is -2.36. The Kier molecular flexibility index (Phi) is 5.37. The van der Waals surface area contributed by atoms with Crippen molar-refractivity contribution in [3.05, 3.63) is 75.4 Å². The van der Waals surface area contributed by atoms with Crippen LogP contribution in [0.25, 0.3) is 0 Å². The van der Waals surface area contributed by atoms with Crippen molar-refractivity contribution in [1.29, 1.82) is 0 Å². The largest absolute Gasteiger partial charge is 0.362 e. The van der Waals surface area contributed by atoms with Gasteiger partial charge in [-0.3, -0.25) is 14.9 Å². The minimum absolute atomic E-state index is 0.0978. The third-order valence-corrected chi connectivity index (χ3v) is 5.41. The number of halogens is 1. The molecule has 9 nitrogen and oxygen atoms in total. The monoisotopic (exact) mass is 426 g/mol. The van der Waals surface area contributed by atoms with Gasteiger partial charge in [-0.1, -0.05) is 11.6 Å². The summed E-state index contributed by atoms with van der Waals surface area (Å²) in [6.45, 7) is 2.39. The molecule has 154 valence electrons. The molecule has 1 saturated heterocycles. The summed E-state index contributed by atoms with van der Waals surface area (Å²) in [5.41, 5.74) is 0.626. The topological polar surface area (TPSA) is 97.4 Å². The number of nitrogens with zero attached hydrogens (tertiary/aromatic N) is 6. The first-order valence-corrected chi connectivity index (χ1v) is 9.74. The summed E-state index contributed by atoms with van der Waals surface area (Å²) in [7, 11) is 1.70. The van der Waals surface area contributed by atoms with Crippen LogP contribution in [-0.2, 0) is 7.05 Å². The van der Waals surface area contributed by atoms with Gasteiger partial charge in [-0.2, -0.15) is 0 Å². The highest BCUT2D eigenvalue weighted by molar-refractivity contribution is 6.32. The fourth-order valence-electron chi connectivity index (χ4n) is 3.56. The van der Waals surface area contributed by atoms with Crippen LogP contribution < -0.4 is 9.80 Å². The summed E-state index contributed by atoms with van der Waals surface area (Å²) in [6.07, 6.45) is 4.86. The van der Waals surface area contributed by atoms with Crippen LogP contribution in [0.2, 0.25) is 5.02 Å². The molecule has 0 atom stereocenters. The molecule has 3 aromatic rings. The Morgan fingerprint density at radius 1 is 1.10 bits per heavy atom. The van der Waals surface area contributed by atoms with Gasteiger partial charge in [0.25, 0.3) is 5.69 Å². The van der Waals surface area contributed by atoms with Crippen molar-refractivity contribution < 1.29 is 9.72 Å². The van der Waals surface area contributed by atoms with Gasteiger partial charge in [0.1, 0.15) is 11.5 Å². The third-order valence-electron chi connectivity index (χ3n) is 5.12. The van der Waals surface area contributed by atoms with Crippen molar-refractivity contribution in [2.24, 2.45) is 7.05 Å². The van der Waals surface area contributed by atoms with E-state index < -0.39 is 4.92 Å². The first-order valence-electron chi connectivity index (χ1n) is 9.36. The summed E-state index contributed by atoms with van der Waals surface area (Å²) in [5, 5.41) is 12.3. The van der Waals surface area contributed by atoms with E-state index in [1.165, 1.54) is 12.3 Å². The number of anilines is 2. The Balaban J connectivity index is 1.56. The van der Waals surface area contributed by atoms with Gasteiger partial charge >= 0.3 is 0 Å². The van der Waals surface area contributed by atoms with Crippen molar-refractivity contribution in [3.63, 3.8) is 0 Å². The maximum absolute atomic E-state index is 12.7. The van der Waals surface area contributed by atoms with Crippen LogP contribution in [0.15, 0.2) is 48.9 Å². The third kappa shape index (κ3) is 3.71. The maximum atomic E-state index is 12.7. The number of aromatic nitrogens is 3. The van der Waals surface area contributed by atoms with Gasteiger partial charge in [-0.05, 0) is 24.3 Å². The first kappa shape index (κ1) is 19.8. The lowest BCUT2D eigenvalue weighted by atomic mass is 10.1. The highest BCUT2D eigenvalue weighted by atomic mass is 35.5. The number of imidazole rings is 1. The van der Waals surface area contributed by atoms with Gasteiger partial charge in [0.05, 0.1) is 9.95 Å². The molecule has 0 aliphatic carbocycles. The van der Waals surface area contributed by atoms with E-state index in [1.54, 1.807) is 48.3 Å². The molecule has 10 heteroatoms. The molecule has 0 bridgehead atoms. The molecule has 1 aliphatic rings. The van der Waals surface area contributed by atoms with Gasteiger partial charge < -0.3 is 14.4 Å². The standard InChI is InChI=1S/C20H19ClN6O3/c1-24-8-7-23-20(24)18(28)14-4-5-16(17(13-14)27(29)30)25-9-11-26(12-10-25)19-15(21)3-2-6-22-19/h2-8,13H,9-12H2,1H3. The van der Waals surface area contributed by atoms with Crippen LogP contribution >= 0.6 is 11.6 Å². The Labute approximate surface area is 177 Å².